The summed E-state index contributed by atoms with van der Waals surface area (Å²) in [6.45, 7) is 0.997. The summed E-state index contributed by atoms with van der Waals surface area (Å²) in [5.41, 5.74) is 6.94. The van der Waals surface area contributed by atoms with E-state index in [4.69, 9.17) is 0 Å². The van der Waals surface area contributed by atoms with Gasteiger partial charge in [-0.25, -0.2) is 0 Å². The van der Waals surface area contributed by atoms with Crippen LogP contribution in [0.2, 0.25) is 0 Å². The number of unbranched alkanes of at least 4 members (excludes halogenated alkanes) is 1. The molecule has 1 aromatic carbocycles. The molecule has 4 heterocycles. The first-order valence-corrected chi connectivity index (χ1v) is 13.1. The lowest BCUT2D eigenvalue weighted by Gasteiger charge is -2.05. The fourth-order valence-electron chi connectivity index (χ4n) is 4.73. The number of carbonyl (C=O) groups is 1. The summed E-state index contributed by atoms with van der Waals surface area (Å²) in [6, 6.07) is 17.6. The van der Waals surface area contributed by atoms with Gasteiger partial charge in [0.05, 0.1) is 35.8 Å². The maximum atomic E-state index is 12.4. The average molecular weight is 518 g/mol. The zero-order valence-corrected chi connectivity index (χ0v) is 21.3. The molecule has 1 saturated carbocycles. The van der Waals surface area contributed by atoms with E-state index < -0.39 is 0 Å². The van der Waals surface area contributed by atoms with Crippen molar-refractivity contribution in [3.05, 3.63) is 89.3 Å². The van der Waals surface area contributed by atoms with Gasteiger partial charge in [-0.1, -0.05) is 23.4 Å². The summed E-state index contributed by atoms with van der Waals surface area (Å²) in [6.07, 6.45) is 8.25. The van der Waals surface area contributed by atoms with Gasteiger partial charge in [-0.15, -0.1) is 10.2 Å². The summed E-state index contributed by atoms with van der Waals surface area (Å²) in [5, 5.41) is 30.1. The summed E-state index contributed by atoms with van der Waals surface area (Å²) >= 11 is 0. The van der Waals surface area contributed by atoms with Gasteiger partial charge in [-0.2, -0.15) is 10.4 Å². The van der Waals surface area contributed by atoms with Gasteiger partial charge >= 0.3 is 0 Å². The standard InChI is InChI=1S/C29H27N9O/c30-16-19-7-9-20(10-8-19)26-24-15-22(34-36-28(24)33-27(26)21-11-12-21)5-2-4-14-38-18-25(35-37-38)29(39)32-17-23-6-1-3-13-31-23/h1,3,6-10,13,15,18,21H,2,4-5,11-12,14,17H2,(H,32,39)(H,33,36). The molecule has 0 saturated heterocycles. The largest absolute Gasteiger partial charge is 0.345 e. The highest BCUT2D eigenvalue weighted by Gasteiger charge is 2.30. The van der Waals surface area contributed by atoms with Crippen molar-refractivity contribution in [2.24, 2.45) is 0 Å². The highest BCUT2D eigenvalue weighted by molar-refractivity contribution is 5.96. The molecule has 1 aliphatic carbocycles. The van der Waals surface area contributed by atoms with Crippen molar-refractivity contribution in [3.63, 3.8) is 0 Å². The van der Waals surface area contributed by atoms with Crippen LogP contribution in [0, 0.1) is 11.3 Å². The molecule has 1 aliphatic rings. The molecule has 10 nitrogen and oxygen atoms in total. The second-order valence-electron chi connectivity index (χ2n) is 9.80. The molecule has 5 aromatic rings. The molecule has 0 radical (unpaired) electrons. The molecule has 194 valence electrons. The number of nitriles is 1. The first-order chi connectivity index (χ1) is 19.2. The van der Waals surface area contributed by atoms with Gasteiger partial charge in [-0.3, -0.25) is 14.5 Å². The van der Waals surface area contributed by atoms with Gasteiger partial charge in [-0.05, 0) is 73.9 Å². The Morgan fingerprint density at radius 2 is 1.95 bits per heavy atom. The molecule has 1 fully saturated rings. The lowest BCUT2D eigenvalue weighted by atomic mass is 9.99. The quantitative estimate of drug-likeness (QED) is 0.263. The zero-order valence-electron chi connectivity index (χ0n) is 21.3. The number of rotatable bonds is 10. The van der Waals surface area contributed by atoms with Gasteiger partial charge in [0.1, 0.15) is 0 Å². The van der Waals surface area contributed by atoms with Crippen LogP contribution in [-0.2, 0) is 19.5 Å². The maximum absolute atomic E-state index is 12.4. The van der Waals surface area contributed by atoms with E-state index in [-0.39, 0.29) is 11.6 Å². The van der Waals surface area contributed by atoms with Crippen LogP contribution < -0.4 is 5.32 Å². The van der Waals surface area contributed by atoms with Crippen molar-refractivity contribution in [1.82, 2.24) is 40.5 Å². The van der Waals surface area contributed by atoms with E-state index in [0.717, 1.165) is 47.2 Å². The Morgan fingerprint density at radius 1 is 1.08 bits per heavy atom. The van der Waals surface area contributed by atoms with Crippen molar-refractivity contribution in [2.45, 2.75) is 51.1 Å². The summed E-state index contributed by atoms with van der Waals surface area (Å²) in [4.78, 5) is 20.1. The smallest absolute Gasteiger partial charge is 0.273 e. The molecule has 2 N–H and O–H groups in total. The van der Waals surface area contributed by atoms with E-state index in [1.807, 2.05) is 42.5 Å². The van der Waals surface area contributed by atoms with E-state index in [1.54, 1.807) is 17.1 Å². The third-order valence-electron chi connectivity index (χ3n) is 6.92. The molecule has 39 heavy (non-hydrogen) atoms. The molecule has 0 bridgehead atoms. The fourth-order valence-corrected chi connectivity index (χ4v) is 4.73. The minimum atomic E-state index is -0.273. The number of pyridine rings is 1. The van der Waals surface area contributed by atoms with E-state index >= 15 is 0 Å². The molecule has 6 rings (SSSR count). The number of hydrogen-bond acceptors (Lipinski definition) is 7. The Labute approximate surface area is 225 Å². The van der Waals surface area contributed by atoms with Crippen LogP contribution in [0.15, 0.2) is 60.9 Å². The van der Waals surface area contributed by atoms with E-state index in [0.29, 0.717) is 24.6 Å². The number of amides is 1. The molecule has 0 unspecified atom stereocenters. The van der Waals surface area contributed by atoms with Crippen molar-refractivity contribution in [1.29, 1.82) is 5.26 Å². The van der Waals surface area contributed by atoms with Crippen LogP contribution >= 0.6 is 0 Å². The van der Waals surface area contributed by atoms with E-state index in [1.165, 1.54) is 24.1 Å². The number of benzene rings is 1. The molecule has 1 amide bonds. The predicted molar refractivity (Wildman–Crippen MR) is 144 cm³/mol. The lowest BCUT2D eigenvalue weighted by molar-refractivity contribution is 0.0945. The summed E-state index contributed by atoms with van der Waals surface area (Å²) in [5.74, 6) is 0.253. The van der Waals surface area contributed by atoms with Crippen molar-refractivity contribution in [2.75, 3.05) is 0 Å². The number of carbonyl (C=O) groups excluding carboxylic acids is 1. The second-order valence-corrected chi connectivity index (χ2v) is 9.80. The first kappa shape index (κ1) is 24.4. The van der Waals surface area contributed by atoms with Gasteiger partial charge in [0, 0.05) is 29.4 Å². The number of aromatic amines is 1. The van der Waals surface area contributed by atoms with Crippen molar-refractivity contribution >= 4 is 16.9 Å². The number of nitrogens with one attached hydrogen (secondary N) is 2. The molecule has 0 spiro atoms. The van der Waals surface area contributed by atoms with Crippen LogP contribution in [0.1, 0.15) is 64.7 Å². The molecule has 0 atom stereocenters. The Kier molecular flexibility index (Phi) is 6.78. The number of aromatic nitrogens is 7. The molecular formula is C29H27N9O. The predicted octanol–water partition coefficient (Wildman–Crippen LogP) is 4.31. The first-order valence-electron chi connectivity index (χ1n) is 13.1. The van der Waals surface area contributed by atoms with Gasteiger partial charge in [0.25, 0.3) is 5.91 Å². The van der Waals surface area contributed by atoms with E-state index in [9.17, 15) is 10.1 Å². The third-order valence-corrected chi connectivity index (χ3v) is 6.92. The number of fused-ring (bicyclic) bond motifs is 1. The molecule has 10 heteroatoms. The Morgan fingerprint density at radius 3 is 2.72 bits per heavy atom. The highest BCUT2D eigenvalue weighted by atomic mass is 16.2. The fraction of sp³-hybridized carbons (Fsp3) is 0.276. The Balaban J connectivity index is 1.07. The SMILES string of the molecule is N#Cc1ccc(-c2c(C3CC3)[nH]c3nnc(CCCCn4cc(C(=O)NCc5ccccn5)nn4)cc23)cc1. The lowest BCUT2D eigenvalue weighted by Crippen LogP contribution is -2.23. The van der Waals surface area contributed by atoms with E-state index in [2.05, 4.69) is 47.9 Å². The van der Waals surface area contributed by atoms with Crippen LogP contribution in [0.3, 0.4) is 0 Å². The maximum Gasteiger partial charge on any atom is 0.273 e. The number of hydrogen-bond donors (Lipinski definition) is 2. The van der Waals surface area contributed by atoms with Crippen LogP contribution in [0.5, 0.6) is 0 Å². The van der Waals surface area contributed by atoms with Gasteiger partial charge in [0.2, 0.25) is 0 Å². The normalized spacial score (nSPS) is 12.9. The number of aryl methyl sites for hydroxylation is 2. The minimum Gasteiger partial charge on any atom is -0.345 e. The van der Waals surface area contributed by atoms with Crippen LogP contribution in [0.4, 0.5) is 0 Å². The molecular weight excluding hydrogens is 490 g/mol. The van der Waals surface area contributed by atoms with Crippen molar-refractivity contribution in [3.8, 4) is 17.2 Å². The van der Waals surface area contributed by atoms with Gasteiger partial charge < -0.3 is 10.3 Å². The summed E-state index contributed by atoms with van der Waals surface area (Å²) < 4.78 is 1.70. The highest BCUT2D eigenvalue weighted by Crippen LogP contribution is 2.46. The Hall–Kier alpha value is -4.91. The Bertz CT molecular complexity index is 1640. The van der Waals surface area contributed by atoms with Crippen LogP contribution in [0.25, 0.3) is 22.2 Å². The number of H-pyrrole nitrogens is 1. The molecule has 4 aromatic heterocycles. The monoisotopic (exact) mass is 517 g/mol. The van der Waals surface area contributed by atoms with Gasteiger partial charge in [0.15, 0.2) is 11.3 Å². The van der Waals surface area contributed by atoms with Crippen molar-refractivity contribution < 1.29 is 4.79 Å². The molecule has 0 aliphatic heterocycles. The third kappa shape index (κ3) is 5.52. The van der Waals surface area contributed by atoms with Crippen LogP contribution in [-0.4, -0.2) is 41.1 Å². The number of nitrogens with zero attached hydrogens (tertiary/aromatic N) is 7. The minimum absolute atomic E-state index is 0.273. The topological polar surface area (TPSA) is 138 Å². The zero-order chi connectivity index (χ0) is 26.6. The second kappa shape index (κ2) is 10.8. The summed E-state index contributed by atoms with van der Waals surface area (Å²) in [7, 11) is 0. The average Bonchev–Trinajstić information content (AvgIpc) is 3.60.